The van der Waals surface area contributed by atoms with Gasteiger partial charge in [0.15, 0.2) is 5.82 Å². The number of aromatic nitrogens is 2. The first-order valence-electron chi connectivity index (χ1n) is 5.22. The zero-order valence-electron chi connectivity index (χ0n) is 9.66. The maximum Gasteiger partial charge on any atom is 0.176 e. The van der Waals surface area contributed by atoms with Crippen LogP contribution < -0.4 is 5.73 Å². The molecule has 0 amide bonds. The van der Waals surface area contributed by atoms with Crippen molar-refractivity contribution >= 4 is 40.9 Å². The Labute approximate surface area is 103 Å². The third-order valence-electron chi connectivity index (χ3n) is 2.20. The van der Waals surface area contributed by atoms with Gasteiger partial charge in [0.05, 0.1) is 17.5 Å². The van der Waals surface area contributed by atoms with Crippen molar-refractivity contribution in [2.24, 2.45) is 15.7 Å². The monoisotopic (exact) mass is 247 g/mol. The molecule has 0 radical (unpaired) electrons. The highest BCUT2D eigenvalue weighted by molar-refractivity contribution is 7.09. The third kappa shape index (κ3) is 2.47. The Morgan fingerprint density at radius 3 is 2.65 bits per heavy atom. The van der Waals surface area contributed by atoms with Gasteiger partial charge in [0.2, 0.25) is 0 Å². The molecule has 6 heteroatoms. The number of nitrogens with zero attached hydrogens (tertiary/aromatic N) is 4. The van der Waals surface area contributed by atoms with Gasteiger partial charge in [-0.05, 0) is 5.92 Å². The summed E-state index contributed by atoms with van der Waals surface area (Å²) in [6.07, 6.45) is 2.57. The standard InChI is InChI=1S/C11H13N5S/c1-7(2)10-11(14-6-13-5-12)16-9-4-17-3-8(9)15-10/h3-7H,1-2H3,(H2,12,13,14,16). The Balaban J connectivity index is 2.53. The maximum absolute atomic E-state index is 5.15. The van der Waals surface area contributed by atoms with E-state index in [4.69, 9.17) is 5.73 Å². The minimum Gasteiger partial charge on any atom is -0.390 e. The molecule has 2 heterocycles. The van der Waals surface area contributed by atoms with E-state index in [2.05, 4.69) is 33.8 Å². The Hall–Kier alpha value is -1.82. The minimum absolute atomic E-state index is 0.265. The number of nitrogens with two attached hydrogens (primary N) is 1. The van der Waals surface area contributed by atoms with Crippen LogP contribution in [0.1, 0.15) is 25.5 Å². The van der Waals surface area contributed by atoms with Crippen molar-refractivity contribution in [3.63, 3.8) is 0 Å². The van der Waals surface area contributed by atoms with Crippen LogP contribution in [0.4, 0.5) is 5.82 Å². The minimum atomic E-state index is 0.265. The lowest BCUT2D eigenvalue weighted by Crippen LogP contribution is -1.96. The molecule has 5 nitrogen and oxygen atoms in total. The summed E-state index contributed by atoms with van der Waals surface area (Å²) >= 11 is 1.58. The van der Waals surface area contributed by atoms with Gasteiger partial charge < -0.3 is 5.73 Å². The molecule has 0 atom stereocenters. The van der Waals surface area contributed by atoms with Crippen molar-refractivity contribution in [1.29, 1.82) is 0 Å². The van der Waals surface area contributed by atoms with Gasteiger partial charge in [-0.3, -0.25) is 0 Å². The van der Waals surface area contributed by atoms with Crippen LogP contribution in [0.5, 0.6) is 0 Å². The molecular weight excluding hydrogens is 234 g/mol. The number of rotatable bonds is 3. The van der Waals surface area contributed by atoms with E-state index in [0.29, 0.717) is 5.82 Å². The van der Waals surface area contributed by atoms with Gasteiger partial charge in [0.25, 0.3) is 0 Å². The van der Waals surface area contributed by atoms with Crippen molar-refractivity contribution in [2.75, 3.05) is 0 Å². The molecule has 0 bridgehead atoms. The van der Waals surface area contributed by atoms with Gasteiger partial charge in [-0.25, -0.2) is 20.0 Å². The van der Waals surface area contributed by atoms with Crippen molar-refractivity contribution in [3.05, 3.63) is 16.5 Å². The number of fused-ring (bicyclic) bond motifs is 1. The van der Waals surface area contributed by atoms with Gasteiger partial charge in [-0.1, -0.05) is 13.8 Å². The molecule has 0 saturated heterocycles. The molecule has 88 valence electrons. The van der Waals surface area contributed by atoms with E-state index in [1.807, 2.05) is 10.8 Å². The lowest BCUT2D eigenvalue weighted by atomic mass is 10.1. The molecule has 2 N–H and O–H groups in total. The maximum atomic E-state index is 5.15. The molecule has 0 aromatic carbocycles. The zero-order chi connectivity index (χ0) is 12.3. The molecule has 17 heavy (non-hydrogen) atoms. The summed E-state index contributed by atoms with van der Waals surface area (Å²) < 4.78 is 0. The van der Waals surface area contributed by atoms with Gasteiger partial charge >= 0.3 is 0 Å². The lowest BCUT2D eigenvalue weighted by molar-refractivity contribution is 0.823. The van der Waals surface area contributed by atoms with Crippen LogP contribution in [0.3, 0.4) is 0 Å². The van der Waals surface area contributed by atoms with Crippen molar-refractivity contribution < 1.29 is 0 Å². The third-order valence-corrected chi connectivity index (χ3v) is 2.92. The van der Waals surface area contributed by atoms with Gasteiger partial charge in [0.1, 0.15) is 11.9 Å². The molecule has 0 saturated carbocycles. The van der Waals surface area contributed by atoms with Crippen molar-refractivity contribution in [1.82, 2.24) is 9.97 Å². The Morgan fingerprint density at radius 2 is 2.00 bits per heavy atom. The topological polar surface area (TPSA) is 76.5 Å². The first-order chi connectivity index (χ1) is 8.22. The summed E-state index contributed by atoms with van der Waals surface area (Å²) in [6.45, 7) is 4.13. The van der Waals surface area contributed by atoms with Crippen LogP contribution in [-0.2, 0) is 0 Å². The predicted molar refractivity (Wildman–Crippen MR) is 72.3 cm³/mol. The second kappa shape index (κ2) is 5.01. The summed E-state index contributed by atoms with van der Waals surface area (Å²) in [5.41, 5.74) is 7.80. The average molecular weight is 247 g/mol. The molecule has 0 spiro atoms. The molecule has 2 aromatic rings. The summed E-state index contributed by atoms with van der Waals surface area (Å²) in [7, 11) is 0. The fourth-order valence-electron chi connectivity index (χ4n) is 1.41. The molecule has 0 aliphatic heterocycles. The van der Waals surface area contributed by atoms with Crippen molar-refractivity contribution in [3.8, 4) is 0 Å². The van der Waals surface area contributed by atoms with Gasteiger partial charge in [0, 0.05) is 10.8 Å². The first-order valence-corrected chi connectivity index (χ1v) is 6.16. The van der Waals surface area contributed by atoms with Gasteiger partial charge in [-0.15, -0.1) is 11.3 Å². The van der Waals surface area contributed by atoms with E-state index >= 15 is 0 Å². The highest BCUT2D eigenvalue weighted by Gasteiger charge is 2.11. The van der Waals surface area contributed by atoms with E-state index in [-0.39, 0.29) is 5.92 Å². The summed E-state index contributed by atoms with van der Waals surface area (Å²) in [5.74, 6) is 0.873. The van der Waals surface area contributed by atoms with E-state index in [0.717, 1.165) is 16.7 Å². The highest BCUT2D eigenvalue weighted by Crippen LogP contribution is 2.26. The van der Waals surface area contributed by atoms with Crippen molar-refractivity contribution in [2.45, 2.75) is 19.8 Å². The largest absolute Gasteiger partial charge is 0.390 e. The smallest absolute Gasteiger partial charge is 0.176 e. The fraction of sp³-hybridized carbons (Fsp3) is 0.273. The van der Waals surface area contributed by atoms with E-state index < -0.39 is 0 Å². The number of hydrogen-bond acceptors (Lipinski definition) is 4. The van der Waals surface area contributed by atoms with Crippen LogP contribution in [-0.4, -0.2) is 22.6 Å². The summed E-state index contributed by atoms with van der Waals surface area (Å²) in [6, 6.07) is 0. The molecule has 0 unspecified atom stereocenters. The van der Waals surface area contributed by atoms with Crippen LogP contribution in [0.15, 0.2) is 20.7 Å². The highest BCUT2D eigenvalue weighted by atomic mass is 32.1. The summed E-state index contributed by atoms with van der Waals surface area (Å²) in [4.78, 5) is 16.9. The quantitative estimate of drug-likeness (QED) is 0.668. The van der Waals surface area contributed by atoms with Crippen LogP contribution >= 0.6 is 11.3 Å². The average Bonchev–Trinajstić information content (AvgIpc) is 2.75. The van der Waals surface area contributed by atoms with Crippen LogP contribution in [0, 0.1) is 0 Å². The zero-order valence-corrected chi connectivity index (χ0v) is 10.5. The Kier molecular flexibility index (Phi) is 3.43. The SMILES string of the molecule is CC(C)c1nc2cscc2nc1N=CN=CN. The molecule has 2 rings (SSSR count). The normalized spacial score (nSPS) is 12.4. The fourth-order valence-corrected chi connectivity index (χ4v) is 2.08. The number of aliphatic imine (C=N–C) groups is 2. The molecule has 2 aromatic heterocycles. The predicted octanol–water partition coefficient (Wildman–Crippen LogP) is 2.46. The second-order valence-corrected chi connectivity index (χ2v) is 4.52. The summed E-state index contributed by atoms with van der Waals surface area (Å²) in [5, 5.41) is 3.94. The van der Waals surface area contributed by atoms with E-state index in [9.17, 15) is 0 Å². The first kappa shape index (κ1) is 11.7. The number of hydrogen-bond donors (Lipinski definition) is 1. The number of thiophene rings is 1. The molecule has 0 aliphatic carbocycles. The Bertz CT molecular complexity index is 570. The van der Waals surface area contributed by atoms with Crippen LogP contribution in [0.2, 0.25) is 0 Å². The second-order valence-electron chi connectivity index (χ2n) is 3.77. The molecule has 0 aliphatic rings. The molecular formula is C11H13N5S. The van der Waals surface area contributed by atoms with Gasteiger partial charge in [-0.2, -0.15) is 0 Å². The lowest BCUT2D eigenvalue weighted by Gasteiger charge is -2.06. The van der Waals surface area contributed by atoms with E-state index in [1.54, 1.807) is 11.3 Å². The van der Waals surface area contributed by atoms with Crippen LogP contribution in [0.25, 0.3) is 11.0 Å². The molecule has 0 fully saturated rings. The van der Waals surface area contributed by atoms with E-state index in [1.165, 1.54) is 12.7 Å². The Morgan fingerprint density at radius 1 is 1.29 bits per heavy atom.